The molecule has 4 rings (SSSR count). The Labute approximate surface area is 166 Å². The van der Waals surface area contributed by atoms with Crippen molar-refractivity contribution < 1.29 is 14.3 Å². The molecule has 0 aliphatic carbocycles. The van der Waals surface area contributed by atoms with Crippen LogP contribution in [0.3, 0.4) is 0 Å². The number of nitrogens with zero attached hydrogens (tertiary/aromatic N) is 4. The first-order valence-corrected chi connectivity index (χ1v) is 10.3. The number of likely N-dealkylation sites (N-methyl/N-ethyl adjacent to an activating group) is 1. The molecule has 2 saturated heterocycles. The van der Waals surface area contributed by atoms with Gasteiger partial charge in [-0.15, -0.1) is 0 Å². The normalized spacial score (nSPS) is 27.4. The molecule has 4 heterocycles. The molecule has 7 heteroatoms. The molecule has 1 aromatic rings. The summed E-state index contributed by atoms with van der Waals surface area (Å²) in [5.41, 5.74) is 1.64. The van der Waals surface area contributed by atoms with Crippen LogP contribution in [0.5, 0.6) is 0 Å². The second kappa shape index (κ2) is 7.43. The van der Waals surface area contributed by atoms with Gasteiger partial charge in [0.1, 0.15) is 11.4 Å². The van der Waals surface area contributed by atoms with E-state index in [9.17, 15) is 9.59 Å². The van der Waals surface area contributed by atoms with Gasteiger partial charge in [0.05, 0.1) is 11.6 Å². The number of hydrogen-bond acceptors (Lipinski definition) is 6. The van der Waals surface area contributed by atoms with Crippen molar-refractivity contribution in [3.8, 4) is 0 Å². The van der Waals surface area contributed by atoms with Crippen LogP contribution in [-0.4, -0.2) is 63.9 Å². The predicted octanol–water partition coefficient (Wildman–Crippen LogP) is 1.90. The monoisotopic (exact) mass is 386 g/mol. The molecule has 1 amide bonds. The lowest BCUT2D eigenvalue weighted by Crippen LogP contribution is -2.38. The van der Waals surface area contributed by atoms with Crippen molar-refractivity contribution in [3.05, 3.63) is 23.3 Å². The van der Waals surface area contributed by atoms with Crippen LogP contribution in [0, 0.1) is 5.92 Å². The van der Waals surface area contributed by atoms with Crippen LogP contribution in [0.25, 0.3) is 0 Å². The molecule has 0 radical (unpaired) electrons. The van der Waals surface area contributed by atoms with Crippen molar-refractivity contribution in [2.75, 3.05) is 26.7 Å². The first kappa shape index (κ1) is 19.3. The van der Waals surface area contributed by atoms with Crippen LogP contribution in [0.15, 0.2) is 6.20 Å². The maximum atomic E-state index is 12.7. The van der Waals surface area contributed by atoms with E-state index >= 15 is 0 Å². The molecule has 1 aromatic heterocycles. The fourth-order valence-corrected chi connectivity index (χ4v) is 4.69. The molecule has 152 valence electrons. The highest BCUT2D eigenvalue weighted by atomic mass is 16.6. The number of esters is 1. The lowest BCUT2D eigenvalue weighted by Gasteiger charge is -2.31. The Bertz CT molecular complexity index is 779. The molecule has 7 nitrogen and oxygen atoms in total. The molecule has 0 aromatic carbocycles. The number of carbonyl (C=O) groups excluding carboxylic acids is 2. The van der Waals surface area contributed by atoms with Gasteiger partial charge in [-0.2, -0.15) is 0 Å². The Hall–Kier alpha value is -2.02. The summed E-state index contributed by atoms with van der Waals surface area (Å²) in [6.07, 6.45) is 5.81. The first-order valence-electron chi connectivity index (χ1n) is 10.3. The van der Waals surface area contributed by atoms with E-state index in [-0.39, 0.29) is 24.2 Å². The Balaban J connectivity index is 1.39. The van der Waals surface area contributed by atoms with E-state index in [4.69, 9.17) is 9.72 Å². The van der Waals surface area contributed by atoms with Gasteiger partial charge in [0.2, 0.25) is 5.91 Å². The number of cyclic esters (lactones) is 1. The quantitative estimate of drug-likeness (QED) is 0.739. The van der Waals surface area contributed by atoms with E-state index in [0.717, 1.165) is 43.0 Å². The second-order valence-electron chi connectivity index (χ2n) is 9.15. The maximum absolute atomic E-state index is 12.7. The van der Waals surface area contributed by atoms with Crippen LogP contribution in [-0.2, 0) is 27.3 Å². The summed E-state index contributed by atoms with van der Waals surface area (Å²) in [7, 11) is 2.15. The number of fused-ring (bicyclic) bond motifs is 1. The largest absolute Gasteiger partial charge is 0.459 e. The Kier molecular flexibility index (Phi) is 5.12. The third kappa shape index (κ3) is 4.04. The van der Waals surface area contributed by atoms with Gasteiger partial charge in [-0.05, 0) is 40.3 Å². The smallest absolute Gasteiger partial charge is 0.310 e. The zero-order valence-corrected chi connectivity index (χ0v) is 17.1. The van der Waals surface area contributed by atoms with Crippen LogP contribution in [0.2, 0.25) is 0 Å². The van der Waals surface area contributed by atoms with Crippen molar-refractivity contribution in [1.82, 2.24) is 19.8 Å². The van der Waals surface area contributed by atoms with Gasteiger partial charge >= 0.3 is 5.97 Å². The molecule has 3 aliphatic rings. The van der Waals surface area contributed by atoms with Gasteiger partial charge in [-0.1, -0.05) is 0 Å². The molecule has 0 bridgehead atoms. The van der Waals surface area contributed by atoms with Gasteiger partial charge < -0.3 is 14.5 Å². The summed E-state index contributed by atoms with van der Waals surface area (Å²) >= 11 is 0. The maximum Gasteiger partial charge on any atom is 0.310 e. The van der Waals surface area contributed by atoms with Gasteiger partial charge in [-0.3, -0.25) is 9.59 Å². The lowest BCUT2D eigenvalue weighted by atomic mass is 9.94. The third-order valence-corrected chi connectivity index (χ3v) is 6.16. The summed E-state index contributed by atoms with van der Waals surface area (Å²) in [5, 5.41) is 0. The molecule has 3 aliphatic heterocycles. The number of aromatic nitrogens is 2. The van der Waals surface area contributed by atoms with E-state index in [1.54, 1.807) is 0 Å². The number of rotatable bonds is 3. The number of likely N-dealkylation sites (tertiary alicyclic amines) is 1. The molecule has 0 spiro atoms. The molecule has 0 saturated carbocycles. The summed E-state index contributed by atoms with van der Waals surface area (Å²) < 4.78 is 5.35. The minimum Gasteiger partial charge on any atom is -0.459 e. The fraction of sp³-hybridized carbons (Fsp3) is 0.714. The highest BCUT2D eigenvalue weighted by Gasteiger charge is 2.41. The molecule has 0 N–H and O–H groups in total. The minimum absolute atomic E-state index is 0.0169. The highest BCUT2D eigenvalue weighted by Crippen LogP contribution is 2.33. The minimum atomic E-state index is -0.464. The molecular formula is C21H30N4O3. The Morgan fingerprint density at radius 2 is 2.18 bits per heavy atom. The summed E-state index contributed by atoms with van der Waals surface area (Å²) in [6, 6.07) is 0. The van der Waals surface area contributed by atoms with Gasteiger partial charge in [0.15, 0.2) is 0 Å². The molecule has 2 fully saturated rings. The summed E-state index contributed by atoms with van der Waals surface area (Å²) in [4.78, 5) is 38.4. The van der Waals surface area contributed by atoms with Crippen LogP contribution in [0.4, 0.5) is 0 Å². The number of amides is 1. The van der Waals surface area contributed by atoms with E-state index in [2.05, 4.69) is 16.9 Å². The second-order valence-corrected chi connectivity index (χ2v) is 9.15. The SMILES string of the molecule is CN1CCC[C@@H](c2ncc3c(n2)CCN(C(=O)C[C@H]2CC(C)(C)OC2=O)C3)C1. The molecule has 0 unspecified atom stereocenters. The Morgan fingerprint density at radius 1 is 1.36 bits per heavy atom. The van der Waals surface area contributed by atoms with Crippen LogP contribution < -0.4 is 0 Å². The highest BCUT2D eigenvalue weighted by molar-refractivity contribution is 5.84. The van der Waals surface area contributed by atoms with E-state index in [0.29, 0.717) is 25.4 Å². The summed E-state index contributed by atoms with van der Waals surface area (Å²) in [5.74, 6) is 0.789. The van der Waals surface area contributed by atoms with Crippen molar-refractivity contribution in [2.24, 2.45) is 5.92 Å². The zero-order valence-electron chi connectivity index (χ0n) is 17.1. The van der Waals surface area contributed by atoms with Gasteiger partial charge in [-0.25, -0.2) is 9.97 Å². The zero-order chi connectivity index (χ0) is 19.9. The first-order chi connectivity index (χ1) is 13.3. The van der Waals surface area contributed by atoms with E-state index in [1.165, 1.54) is 6.42 Å². The fourth-order valence-electron chi connectivity index (χ4n) is 4.69. The van der Waals surface area contributed by atoms with Crippen LogP contribution in [0.1, 0.15) is 62.5 Å². The summed E-state index contributed by atoms with van der Waals surface area (Å²) in [6.45, 7) is 7.13. The standard InChI is InChI=1S/C21H30N4O3/c1-21(2)10-15(20(27)28-21)9-18(26)25-8-6-17-16(13-25)11-22-19(23-17)14-5-4-7-24(3)12-14/h11,14-15H,4-10,12-13H2,1-3H3/t14-,15+/m1/s1. The Morgan fingerprint density at radius 3 is 2.89 bits per heavy atom. The average Bonchev–Trinajstić information content (AvgIpc) is 2.92. The van der Waals surface area contributed by atoms with E-state index in [1.807, 2.05) is 24.9 Å². The van der Waals surface area contributed by atoms with Crippen LogP contribution >= 0.6 is 0 Å². The molecule has 2 atom stereocenters. The average molecular weight is 386 g/mol. The topological polar surface area (TPSA) is 75.6 Å². The predicted molar refractivity (Wildman–Crippen MR) is 104 cm³/mol. The number of carbonyl (C=O) groups is 2. The van der Waals surface area contributed by atoms with Crippen molar-refractivity contribution in [3.63, 3.8) is 0 Å². The third-order valence-electron chi connectivity index (χ3n) is 6.16. The molecular weight excluding hydrogens is 356 g/mol. The van der Waals surface area contributed by atoms with Crippen molar-refractivity contribution in [1.29, 1.82) is 0 Å². The van der Waals surface area contributed by atoms with Gasteiger partial charge in [0.25, 0.3) is 0 Å². The van der Waals surface area contributed by atoms with Gasteiger partial charge in [0, 0.05) is 56.6 Å². The van der Waals surface area contributed by atoms with E-state index < -0.39 is 5.60 Å². The van der Waals surface area contributed by atoms with Crippen molar-refractivity contribution >= 4 is 11.9 Å². The lowest BCUT2D eigenvalue weighted by molar-refractivity contribution is -0.150. The number of hydrogen-bond donors (Lipinski definition) is 0. The van der Waals surface area contributed by atoms with Crippen molar-refractivity contribution in [2.45, 2.75) is 64.0 Å². The molecule has 28 heavy (non-hydrogen) atoms. The number of piperidine rings is 1. The number of ether oxygens (including phenoxy) is 1.